The van der Waals surface area contributed by atoms with Gasteiger partial charge in [-0.3, -0.25) is 9.67 Å². The lowest BCUT2D eigenvalue weighted by Crippen LogP contribution is -2.14. The zero-order chi connectivity index (χ0) is 15.2. The Bertz CT molecular complexity index is 639. The van der Waals surface area contributed by atoms with Gasteiger partial charge < -0.3 is 0 Å². The van der Waals surface area contributed by atoms with E-state index in [1.807, 2.05) is 13.8 Å². The second kappa shape index (κ2) is 4.75. The number of alkyl halides is 3. The highest BCUT2D eigenvalue weighted by atomic mass is 19.4. The molecule has 0 aliphatic rings. The summed E-state index contributed by atoms with van der Waals surface area (Å²) in [6.45, 7) is 7.24. The molecule has 0 saturated heterocycles. The fraction of sp³-hybridized carbons (Fsp3) is 0.571. The summed E-state index contributed by atoms with van der Waals surface area (Å²) in [6.07, 6.45) is -2.92. The Balaban J connectivity index is 2.92. The van der Waals surface area contributed by atoms with E-state index in [0.717, 1.165) is 0 Å². The summed E-state index contributed by atoms with van der Waals surface area (Å²) in [6, 6.07) is 0. The van der Waals surface area contributed by atoms with Crippen molar-refractivity contribution in [1.29, 1.82) is 0 Å². The van der Waals surface area contributed by atoms with Crippen molar-refractivity contribution in [2.45, 2.75) is 45.7 Å². The van der Waals surface area contributed by atoms with Gasteiger partial charge in [-0.15, -0.1) is 0 Å². The van der Waals surface area contributed by atoms with Gasteiger partial charge in [-0.25, -0.2) is 0 Å². The van der Waals surface area contributed by atoms with E-state index in [4.69, 9.17) is 0 Å². The lowest BCUT2D eigenvalue weighted by atomic mass is 9.99. The van der Waals surface area contributed by atoms with Gasteiger partial charge in [-0.05, 0) is 11.8 Å². The SMILES string of the molecule is CC(C)c1ncc2c(C(C)C)nn(C)c2c1C(F)(F)F. The number of hydrogen-bond acceptors (Lipinski definition) is 2. The van der Waals surface area contributed by atoms with Crippen LogP contribution in [0.5, 0.6) is 0 Å². The van der Waals surface area contributed by atoms with Gasteiger partial charge in [0, 0.05) is 18.6 Å². The maximum atomic E-state index is 13.4. The summed E-state index contributed by atoms with van der Waals surface area (Å²) < 4.78 is 41.7. The molecule has 3 nitrogen and oxygen atoms in total. The van der Waals surface area contributed by atoms with Crippen LogP contribution < -0.4 is 0 Å². The molecule has 0 aliphatic carbocycles. The minimum Gasteiger partial charge on any atom is -0.267 e. The summed E-state index contributed by atoms with van der Waals surface area (Å²) in [5.41, 5.74) is 0.186. The molecule has 0 saturated carbocycles. The van der Waals surface area contributed by atoms with Gasteiger partial charge >= 0.3 is 6.18 Å². The minimum absolute atomic E-state index is 0.0477. The zero-order valence-electron chi connectivity index (χ0n) is 12.2. The van der Waals surface area contributed by atoms with Crippen LogP contribution in [0.1, 0.15) is 56.5 Å². The third-order valence-electron chi connectivity index (χ3n) is 3.32. The molecule has 2 aromatic heterocycles. The molecule has 0 bridgehead atoms. The van der Waals surface area contributed by atoms with Crippen LogP contribution in [-0.2, 0) is 13.2 Å². The highest BCUT2D eigenvalue weighted by Gasteiger charge is 2.39. The number of halogens is 3. The molecule has 2 rings (SSSR count). The predicted molar refractivity (Wildman–Crippen MR) is 71.7 cm³/mol. The van der Waals surface area contributed by atoms with Gasteiger partial charge in [-0.2, -0.15) is 18.3 Å². The summed E-state index contributed by atoms with van der Waals surface area (Å²) in [7, 11) is 1.55. The standard InChI is InChI=1S/C14H18F3N3/c1-7(2)11-9-6-18-12(8(3)4)10(14(15,16)17)13(9)20(5)19-11/h6-8H,1-5H3. The normalized spacial score (nSPS) is 12.9. The molecule has 0 aliphatic heterocycles. The third-order valence-corrected chi connectivity index (χ3v) is 3.32. The van der Waals surface area contributed by atoms with E-state index in [9.17, 15) is 13.2 Å². The fourth-order valence-electron chi connectivity index (χ4n) is 2.45. The molecule has 0 fully saturated rings. The molecular weight excluding hydrogens is 267 g/mol. The largest absolute Gasteiger partial charge is 0.420 e. The second-order valence-electron chi connectivity index (χ2n) is 5.60. The first-order valence-corrected chi connectivity index (χ1v) is 6.57. The van der Waals surface area contributed by atoms with E-state index in [2.05, 4.69) is 10.1 Å². The Labute approximate surface area is 115 Å². The number of aromatic nitrogens is 3. The van der Waals surface area contributed by atoms with Gasteiger partial charge in [0.25, 0.3) is 0 Å². The maximum absolute atomic E-state index is 13.4. The smallest absolute Gasteiger partial charge is 0.267 e. The van der Waals surface area contributed by atoms with E-state index in [0.29, 0.717) is 11.1 Å². The first kappa shape index (κ1) is 14.8. The minimum atomic E-state index is -4.44. The van der Waals surface area contributed by atoms with E-state index < -0.39 is 11.7 Å². The number of aryl methyl sites for hydroxylation is 1. The fourth-order valence-corrected chi connectivity index (χ4v) is 2.45. The molecule has 0 unspecified atom stereocenters. The van der Waals surface area contributed by atoms with Crippen LogP contribution in [0, 0.1) is 0 Å². The zero-order valence-corrected chi connectivity index (χ0v) is 12.2. The summed E-state index contributed by atoms with van der Waals surface area (Å²) in [5.74, 6) is -0.250. The molecule has 0 amide bonds. The van der Waals surface area contributed by atoms with Gasteiger partial charge in [0.2, 0.25) is 0 Å². The number of hydrogen-bond donors (Lipinski definition) is 0. The highest BCUT2D eigenvalue weighted by Crippen LogP contribution is 2.40. The molecule has 2 aromatic rings. The molecule has 0 N–H and O–H groups in total. The van der Waals surface area contributed by atoms with Crippen molar-refractivity contribution in [2.24, 2.45) is 7.05 Å². The maximum Gasteiger partial charge on any atom is 0.420 e. The number of nitrogens with zero attached hydrogens (tertiary/aromatic N) is 3. The Morgan fingerprint density at radius 3 is 2.05 bits per heavy atom. The highest BCUT2D eigenvalue weighted by molar-refractivity contribution is 5.85. The first-order valence-electron chi connectivity index (χ1n) is 6.57. The van der Waals surface area contributed by atoms with E-state index in [1.54, 1.807) is 20.9 Å². The summed E-state index contributed by atoms with van der Waals surface area (Å²) in [4.78, 5) is 4.06. The van der Waals surface area contributed by atoms with Gasteiger partial charge in [0.15, 0.2) is 0 Å². The third kappa shape index (κ3) is 2.27. The van der Waals surface area contributed by atoms with Crippen LogP contribution in [0.2, 0.25) is 0 Å². The molecule has 20 heavy (non-hydrogen) atoms. The Morgan fingerprint density at radius 1 is 1.05 bits per heavy atom. The van der Waals surface area contributed by atoms with Crippen LogP contribution in [0.3, 0.4) is 0 Å². The Morgan fingerprint density at radius 2 is 1.60 bits per heavy atom. The van der Waals surface area contributed by atoms with Crippen molar-refractivity contribution in [3.8, 4) is 0 Å². The van der Waals surface area contributed by atoms with E-state index in [1.165, 1.54) is 10.9 Å². The van der Waals surface area contributed by atoms with Crippen LogP contribution >= 0.6 is 0 Å². The quantitative estimate of drug-likeness (QED) is 0.826. The van der Waals surface area contributed by atoms with E-state index >= 15 is 0 Å². The Hall–Kier alpha value is -1.59. The van der Waals surface area contributed by atoms with Crippen molar-refractivity contribution in [1.82, 2.24) is 14.8 Å². The molecule has 110 valence electrons. The van der Waals surface area contributed by atoms with Crippen LogP contribution in [0.25, 0.3) is 10.9 Å². The lowest BCUT2D eigenvalue weighted by Gasteiger charge is -2.16. The van der Waals surface area contributed by atoms with Gasteiger partial charge in [-0.1, -0.05) is 27.7 Å². The average molecular weight is 285 g/mol. The molecule has 0 radical (unpaired) electrons. The summed E-state index contributed by atoms with van der Waals surface area (Å²) >= 11 is 0. The van der Waals surface area contributed by atoms with Crippen molar-refractivity contribution in [3.63, 3.8) is 0 Å². The van der Waals surface area contributed by atoms with Crippen LogP contribution in [0.15, 0.2) is 6.20 Å². The molecular formula is C14H18F3N3. The predicted octanol–water partition coefficient (Wildman–Crippen LogP) is 4.23. The van der Waals surface area contributed by atoms with Crippen molar-refractivity contribution in [3.05, 3.63) is 23.1 Å². The number of pyridine rings is 1. The van der Waals surface area contributed by atoms with Crippen molar-refractivity contribution in [2.75, 3.05) is 0 Å². The lowest BCUT2D eigenvalue weighted by molar-refractivity contribution is -0.137. The molecule has 0 atom stereocenters. The Kier molecular flexibility index (Phi) is 3.52. The monoisotopic (exact) mass is 285 g/mol. The molecule has 2 heterocycles. The van der Waals surface area contributed by atoms with Crippen LogP contribution in [0.4, 0.5) is 13.2 Å². The van der Waals surface area contributed by atoms with Gasteiger partial charge in [0.05, 0.1) is 16.9 Å². The van der Waals surface area contributed by atoms with Crippen LogP contribution in [-0.4, -0.2) is 14.8 Å². The number of rotatable bonds is 2. The summed E-state index contributed by atoms with van der Waals surface area (Å²) in [5, 5.41) is 4.73. The number of fused-ring (bicyclic) bond motifs is 1. The molecule has 0 spiro atoms. The van der Waals surface area contributed by atoms with Crippen molar-refractivity contribution < 1.29 is 13.2 Å². The first-order chi connectivity index (χ1) is 9.14. The molecule has 6 heteroatoms. The second-order valence-corrected chi connectivity index (χ2v) is 5.60. The average Bonchev–Trinajstić information content (AvgIpc) is 2.64. The van der Waals surface area contributed by atoms with Crippen molar-refractivity contribution >= 4 is 10.9 Å². The van der Waals surface area contributed by atoms with E-state index in [-0.39, 0.29) is 23.0 Å². The molecule has 0 aromatic carbocycles. The topological polar surface area (TPSA) is 30.7 Å². The van der Waals surface area contributed by atoms with Gasteiger partial charge in [0.1, 0.15) is 5.56 Å².